The van der Waals surface area contributed by atoms with E-state index in [4.69, 9.17) is 23.2 Å². The van der Waals surface area contributed by atoms with E-state index in [1.54, 1.807) is 37.3 Å². The molecule has 0 radical (unpaired) electrons. The number of amides is 1. The lowest BCUT2D eigenvalue weighted by Gasteiger charge is -2.10. The Hall–Kier alpha value is -2.34. The number of rotatable bonds is 6. The molecule has 0 bridgehead atoms. The zero-order valence-electron chi connectivity index (χ0n) is 15.7. The minimum Gasteiger partial charge on any atom is -0.326 e. The van der Waals surface area contributed by atoms with Gasteiger partial charge in [-0.1, -0.05) is 66.5 Å². The summed E-state index contributed by atoms with van der Waals surface area (Å²) >= 11 is 12.6. The first-order chi connectivity index (χ1) is 13.8. The number of hydrogen-bond donors (Lipinski definition) is 1. The van der Waals surface area contributed by atoms with Crippen LogP contribution in [0.5, 0.6) is 0 Å². The van der Waals surface area contributed by atoms with Crippen molar-refractivity contribution in [3.8, 4) is 11.1 Å². The molecule has 0 atom stereocenters. The third-order valence-corrected chi connectivity index (χ3v) is 6.84. The maximum Gasteiger partial charge on any atom is 0.228 e. The summed E-state index contributed by atoms with van der Waals surface area (Å²) in [5, 5.41) is 3.88. The second kappa shape index (κ2) is 8.99. The van der Waals surface area contributed by atoms with Gasteiger partial charge in [0.25, 0.3) is 0 Å². The van der Waals surface area contributed by atoms with Crippen LogP contribution in [0.3, 0.4) is 0 Å². The lowest BCUT2D eigenvalue weighted by Crippen LogP contribution is -2.14. The van der Waals surface area contributed by atoms with E-state index in [0.717, 1.165) is 16.7 Å². The third-order valence-electron chi connectivity index (χ3n) is 4.44. The first-order valence-electron chi connectivity index (χ1n) is 8.96. The lowest BCUT2D eigenvalue weighted by molar-refractivity contribution is -0.115. The fourth-order valence-corrected chi connectivity index (χ4v) is 4.27. The molecule has 0 spiro atoms. The van der Waals surface area contributed by atoms with Gasteiger partial charge in [0.15, 0.2) is 9.84 Å². The van der Waals surface area contributed by atoms with Crippen LogP contribution >= 0.6 is 23.2 Å². The van der Waals surface area contributed by atoms with Crippen molar-refractivity contribution in [2.75, 3.05) is 11.1 Å². The molecule has 3 aromatic carbocycles. The van der Waals surface area contributed by atoms with Crippen molar-refractivity contribution >= 4 is 44.6 Å². The van der Waals surface area contributed by atoms with E-state index in [1.165, 1.54) is 12.1 Å². The Bertz CT molecular complexity index is 1140. The minimum atomic E-state index is -3.25. The number of nitrogens with one attached hydrogen (secondary N) is 1. The Balaban J connectivity index is 1.70. The van der Waals surface area contributed by atoms with Gasteiger partial charge >= 0.3 is 0 Å². The fourth-order valence-electron chi connectivity index (χ4n) is 2.86. The molecular formula is C22H19Cl2NO3S. The van der Waals surface area contributed by atoms with Gasteiger partial charge in [0.2, 0.25) is 5.91 Å². The van der Waals surface area contributed by atoms with Crippen molar-refractivity contribution in [1.29, 1.82) is 0 Å². The fraction of sp³-hybridized carbons (Fsp3) is 0.136. The minimum absolute atomic E-state index is 0.0395. The second-order valence-corrected chi connectivity index (χ2v) is 9.54. The van der Waals surface area contributed by atoms with Gasteiger partial charge in [-0.3, -0.25) is 4.79 Å². The zero-order valence-corrected chi connectivity index (χ0v) is 18.0. The Morgan fingerprint density at radius 3 is 2.17 bits per heavy atom. The molecule has 7 heteroatoms. The van der Waals surface area contributed by atoms with Gasteiger partial charge in [0.05, 0.1) is 22.1 Å². The molecule has 0 aliphatic heterocycles. The van der Waals surface area contributed by atoms with Crippen molar-refractivity contribution in [1.82, 2.24) is 0 Å². The number of sulfone groups is 1. The van der Waals surface area contributed by atoms with Crippen LogP contribution in [0.1, 0.15) is 12.5 Å². The number of hydrogen-bond acceptors (Lipinski definition) is 3. The molecule has 0 aliphatic carbocycles. The summed E-state index contributed by atoms with van der Waals surface area (Å²) in [6.07, 6.45) is 0.121. The van der Waals surface area contributed by atoms with Gasteiger partial charge in [-0.25, -0.2) is 8.42 Å². The van der Waals surface area contributed by atoms with Crippen molar-refractivity contribution in [2.45, 2.75) is 18.2 Å². The molecule has 3 rings (SSSR count). The van der Waals surface area contributed by atoms with Crippen LogP contribution in [-0.2, 0) is 21.1 Å². The topological polar surface area (TPSA) is 63.2 Å². The molecule has 150 valence electrons. The number of anilines is 1. The molecule has 0 aromatic heterocycles. The largest absolute Gasteiger partial charge is 0.326 e. The van der Waals surface area contributed by atoms with E-state index in [9.17, 15) is 13.2 Å². The van der Waals surface area contributed by atoms with Gasteiger partial charge in [-0.15, -0.1) is 0 Å². The zero-order chi connectivity index (χ0) is 21.0. The molecular weight excluding hydrogens is 429 g/mol. The molecule has 0 heterocycles. The average molecular weight is 448 g/mol. The predicted molar refractivity (Wildman–Crippen MR) is 118 cm³/mol. The van der Waals surface area contributed by atoms with Crippen LogP contribution in [0, 0.1) is 0 Å². The van der Waals surface area contributed by atoms with Crippen molar-refractivity contribution in [3.05, 3.63) is 82.3 Å². The quantitative estimate of drug-likeness (QED) is 0.531. The standard InChI is InChI=1S/C22H19Cl2NO3S/c1-2-29(27,28)17-10-7-15(8-11-17)13-22(26)25-16-9-12-19(21(24)14-16)18-5-3-4-6-20(18)23/h3-12,14H,2,13H2,1H3,(H,25,26). The normalized spacial score (nSPS) is 11.3. The van der Waals surface area contributed by atoms with Gasteiger partial charge in [-0.2, -0.15) is 0 Å². The highest BCUT2D eigenvalue weighted by atomic mass is 35.5. The molecule has 0 saturated heterocycles. The summed E-state index contributed by atoms with van der Waals surface area (Å²) in [5.74, 6) is -0.185. The van der Waals surface area contributed by atoms with E-state index in [2.05, 4.69) is 5.32 Å². The van der Waals surface area contributed by atoms with Crippen LogP contribution in [0.15, 0.2) is 71.6 Å². The highest BCUT2D eigenvalue weighted by Crippen LogP contribution is 2.34. The molecule has 3 aromatic rings. The van der Waals surface area contributed by atoms with E-state index >= 15 is 0 Å². The SMILES string of the molecule is CCS(=O)(=O)c1ccc(CC(=O)Nc2ccc(-c3ccccc3Cl)c(Cl)c2)cc1. The van der Waals surface area contributed by atoms with Crippen LogP contribution in [0.4, 0.5) is 5.69 Å². The Morgan fingerprint density at radius 1 is 0.897 bits per heavy atom. The summed E-state index contributed by atoms with van der Waals surface area (Å²) in [4.78, 5) is 12.6. The number of halogens is 2. The maximum atomic E-state index is 12.3. The summed E-state index contributed by atoms with van der Waals surface area (Å²) < 4.78 is 23.7. The molecule has 0 saturated carbocycles. The number of carbonyl (C=O) groups excluding carboxylic acids is 1. The molecule has 0 fully saturated rings. The molecule has 1 N–H and O–H groups in total. The highest BCUT2D eigenvalue weighted by Gasteiger charge is 2.13. The Labute approximate surface area is 180 Å². The van der Waals surface area contributed by atoms with Gasteiger partial charge < -0.3 is 5.32 Å². The van der Waals surface area contributed by atoms with Crippen molar-refractivity contribution in [2.24, 2.45) is 0 Å². The van der Waals surface area contributed by atoms with E-state index in [-0.39, 0.29) is 23.0 Å². The third kappa shape index (κ3) is 5.18. The number of benzene rings is 3. The van der Waals surface area contributed by atoms with Gasteiger partial charge in [0, 0.05) is 21.8 Å². The Kier molecular flexibility index (Phi) is 6.63. The summed E-state index contributed by atoms with van der Waals surface area (Å²) in [5.41, 5.74) is 2.89. The van der Waals surface area contributed by atoms with Crippen molar-refractivity contribution < 1.29 is 13.2 Å². The highest BCUT2D eigenvalue weighted by molar-refractivity contribution is 7.91. The van der Waals surface area contributed by atoms with Gasteiger partial charge in [-0.05, 0) is 35.9 Å². The van der Waals surface area contributed by atoms with E-state index < -0.39 is 9.84 Å². The number of carbonyl (C=O) groups is 1. The second-order valence-electron chi connectivity index (χ2n) is 6.45. The molecule has 0 aliphatic rings. The van der Waals surface area contributed by atoms with Crippen LogP contribution in [-0.4, -0.2) is 20.1 Å². The monoisotopic (exact) mass is 447 g/mol. The predicted octanol–water partition coefficient (Wildman–Crippen LogP) is 5.64. The first-order valence-corrected chi connectivity index (χ1v) is 11.4. The molecule has 0 unspecified atom stereocenters. The van der Waals surface area contributed by atoms with Crippen LogP contribution in [0.25, 0.3) is 11.1 Å². The maximum absolute atomic E-state index is 12.3. The van der Waals surface area contributed by atoms with E-state index in [1.807, 2.05) is 24.3 Å². The molecule has 4 nitrogen and oxygen atoms in total. The summed E-state index contributed by atoms with van der Waals surface area (Å²) in [6, 6.07) is 19.0. The van der Waals surface area contributed by atoms with Crippen LogP contribution in [0.2, 0.25) is 10.0 Å². The summed E-state index contributed by atoms with van der Waals surface area (Å²) in [6.45, 7) is 1.60. The lowest BCUT2D eigenvalue weighted by atomic mass is 10.1. The Morgan fingerprint density at radius 2 is 1.55 bits per heavy atom. The first kappa shape index (κ1) is 21.4. The molecule has 29 heavy (non-hydrogen) atoms. The van der Waals surface area contributed by atoms with E-state index in [0.29, 0.717) is 15.7 Å². The smallest absolute Gasteiger partial charge is 0.228 e. The summed E-state index contributed by atoms with van der Waals surface area (Å²) in [7, 11) is -3.25. The molecule has 1 amide bonds. The van der Waals surface area contributed by atoms with Gasteiger partial charge in [0.1, 0.15) is 0 Å². The average Bonchev–Trinajstić information content (AvgIpc) is 2.69. The van der Waals surface area contributed by atoms with Crippen LogP contribution < -0.4 is 5.32 Å². The van der Waals surface area contributed by atoms with Crippen molar-refractivity contribution in [3.63, 3.8) is 0 Å².